The van der Waals surface area contributed by atoms with E-state index in [1.54, 1.807) is 0 Å². The van der Waals surface area contributed by atoms with E-state index in [9.17, 15) is 29.4 Å². The van der Waals surface area contributed by atoms with Crippen LogP contribution >= 0.6 is 0 Å². The molecule has 0 bridgehead atoms. The summed E-state index contributed by atoms with van der Waals surface area (Å²) in [7, 11) is 3.76. The smallest absolute Gasteiger partial charge is 0.345 e. The molecule has 0 radical (unpaired) electrons. The lowest BCUT2D eigenvalue weighted by atomic mass is 9.76. The van der Waals surface area contributed by atoms with Gasteiger partial charge in [-0.1, -0.05) is 0 Å². The highest BCUT2D eigenvalue weighted by atomic mass is 16.6. The first-order valence-electron chi connectivity index (χ1n) is 7.89. The van der Waals surface area contributed by atoms with Crippen LogP contribution in [0.5, 0.6) is 17.2 Å². The summed E-state index contributed by atoms with van der Waals surface area (Å²) in [6, 6.07) is 1.20. The van der Waals surface area contributed by atoms with Crippen molar-refractivity contribution in [3.8, 4) is 17.2 Å². The Bertz CT molecular complexity index is 829. The van der Waals surface area contributed by atoms with Crippen LogP contribution in [0, 0.1) is 5.92 Å². The lowest BCUT2D eigenvalue weighted by Gasteiger charge is -2.35. The third-order valence-electron chi connectivity index (χ3n) is 4.37. The number of fused-ring (bicyclic) bond motifs is 1. The Labute approximate surface area is 158 Å². The van der Waals surface area contributed by atoms with Crippen molar-refractivity contribution in [3.63, 3.8) is 0 Å². The lowest BCUT2D eigenvalue weighted by Crippen LogP contribution is -2.44. The standard InChI is InChI=1S/C17H18O11/c1-25-8-4-7-11(13(27-3)12(8)26-2)10(6(15(20)21)5-9(18)19)14(16(22)23)28-17(7)24/h4,6,10,14H,5H2,1-3H3,(H,18,19)(H,20,21)(H,22,23). The molecule has 3 atom stereocenters. The van der Waals surface area contributed by atoms with Crippen LogP contribution in [0.15, 0.2) is 6.07 Å². The van der Waals surface area contributed by atoms with Gasteiger partial charge in [-0.15, -0.1) is 0 Å². The van der Waals surface area contributed by atoms with Crippen LogP contribution in [0.2, 0.25) is 0 Å². The van der Waals surface area contributed by atoms with Crippen LogP contribution in [0.3, 0.4) is 0 Å². The number of aliphatic carboxylic acids is 3. The zero-order valence-electron chi connectivity index (χ0n) is 15.1. The molecule has 11 heteroatoms. The first-order valence-corrected chi connectivity index (χ1v) is 7.89. The van der Waals surface area contributed by atoms with Gasteiger partial charge in [-0.05, 0) is 6.07 Å². The summed E-state index contributed by atoms with van der Waals surface area (Å²) in [6.45, 7) is 0. The Balaban J connectivity index is 2.88. The van der Waals surface area contributed by atoms with Gasteiger partial charge in [-0.2, -0.15) is 0 Å². The summed E-state index contributed by atoms with van der Waals surface area (Å²) >= 11 is 0. The van der Waals surface area contributed by atoms with Crippen LogP contribution in [0.1, 0.15) is 28.3 Å². The highest BCUT2D eigenvalue weighted by Gasteiger charge is 2.50. The third kappa shape index (κ3) is 3.50. The van der Waals surface area contributed by atoms with E-state index in [0.29, 0.717) is 0 Å². The largest absolute Gasteiger partial charge is 0.493 e. The molecule has 0 fully saturated rings. The number of hydrogen-bond acceptors (Lipinski definition) is 8. The number of carboxylic acid groups (broad SMARTS) is 3. The van der Waals surface area contributed by atoms with Gasteiger partial charge in [0.05, 0.1) is 45.1 Å². The second-order valence-corrected chi connectivity index (χ2v) is 5.84. The fourth-order valence-corrected chi connectivity index (χ4v) is 3.25. The molecule has 1 aliphatic heterocycles. The monoisotopic (exact) mass is 398 g/mol. The number of carboxylic acids is 3. The molecule has 3 N–H and O–H groups in total. The summed E-state index contributed by atoms with van der Waals surface area (Å²) in [6.07, 6.45) is -2.84. The molecule has 1 aliphatic rings. The van der Waals surface area contributed by atoms with E-state index in [2.05, 4.69) is 0 Å². The molecule has 0 saturated heterocycles. The zero-order chi connectivity index (χ0) is 21.2. The molecule has 152 valence electrons. The summed E-state index contributed by atoms with van der Waals surface area (Å²) in [5.41, 5.74) is -0.328. The van der Waals surface area contributed by atoms with Crippen LogP contribution < -0.4 is 14.2 Å². The highest BCUT2D eigenvalue weighted by Crippen LogP contribution is 2.50. The van der Waals surface area contributed by atoms with Gasteiger partial charge in [0.15, 0.2) is 11.5 Å². The molecule has 28 heavy (non-hydrogen) atoms. The van der Waals surface area contributed by atoms with Gasteiger partial charge in [0.2, 0.25) is 11.9 Å². The quantitative estimate of drug-likeness (QED) is 0.525. The Hall–Kier alpha value is -3.50. The molecule has 3 unspecified atom stereocenters. The van der Waals surface area contributed by atoms with Crippen molar-refractivity contribution in [2.24, 2.45) is 5.92 Å². The topological polar surface area (TPSA) is 166 Å². The number of carbonyl (C=O) groups excluding carboxylic acids is 1. The second kappa shape index (κ2) is 8.03. The minimum atomic E-state index is -1.94. The number of methoxy groups -OCH3 is 3. The Morgan fingerprint density at radius 3 is 2.11 bits per heavy atom. The van der Waals surface area contributed by atoms with Crippen molar-refractivity contribution >= 4 is 23.9 Å². The van der Waals surface area contributed by atoms with E-state index in [1.165, 1.54) is 27.4 Å². The van der Waals surface area contributed by atoms with Crippen molar-refractivity contribution in [1.29, 1.82) is 0 Å². The third-order valence-corrected chi connectivity index (χ3v) is 4.37. The van der Waals surface area contributed by atoms with Gasteiger partial charge in [-0.3, -0.25) is 9.59 Å². The van der Waals surface area contributed by atoms with Gasteiger partial charge in [0.1, 0.15) is 0 Å². The van der Waals surface area contributed by atoms with Crippen molar-refractivity contribution < 1.29 is 53.4 Å². The van der Waals surface area contributed by atoms with Crippen LogP contribution in [0.4, 0.5) is 0 Å². The maximum atomic E-state index is 12.4. The number of ether oxygens (including phenoxy) is 4. The number of rotatable bonds is 8. The van der Waals surface area contributed by atoms with Gasteiger partial charge >= 0.3 is 23.9 Å². The summed E-state index contributed by atoms with van der Waals surface area (Å²) in [4.78, 5) is 47.1. The van der Waals surface area contributed by atoms with E-state index in [1.807, 2.05) is 0 Å². The number of cyclic esters (lactones) is 1. The maximum absolute atomic E-state index is 12.4. The molecule has 1 heterocycles. The van der Waals surface area contributed by atoms with Crippen molar-refractivity contribution in [3.05, 3.63) is 17.2 Å². The Morgan fingerprint density at radius 1 is 1.07 bits per heavy atom. The summed E-state index contributed by atoms with van der Waals surface area (Å²) < 4.78 is 20.5. The molecule has 2 rings (SSSR count). The average molecular weight is 398 g/mol. The van der Waals surface area contributed by atoms with Crippen molar-refractivity contribution in [2.75, 3.05) is 21.3 Å². The molecule has 0 spiro atoms. The molecule has 0 saturated carbocycles. The molecule has 1 aromatic rings. The SMILES string of the molecule is COc1cc2c(c(OC)c1OC)C(C(CC(=O)O)C(=O)O)C(C(=O)O)OC2=O. The van der Waals surface area contributed by atoms with Crippen LogP contribution in [-0.4, -0.2) is 66.6 Å². The molecular formula is C17H18O11. The fourth-order valence-electron chi connectivity index (χ4n) is 3.25. The lowest BCUT2D eigenvalue weighted by molar-refractivity contribution is -0.156. The fraction of sp³-hybridized carbons (Fsp3) is 0.412. The molecule has 1 aromatic carbocycles. The molecule has 0 amide bonds. The van der Waals surface area contributed by atoms with E-state index < -0.39 is 48.2 Å². The predicted octanol–water partition coefficient (Wildman–Crippen LogP) is 0.595. The first-order chi connectivity index (χ1) is 13.2. The Morgan fingerprint density at radius 2 is 1.68 bits per heavy atom. The predicted molar refractivity (Wildman–Crippen MR) is 89.1 cm³/mol. The zero-order valence-corrected chi connectivity index (χ0v) is 15.1. The maximum Gasteiger partial charge on any atom is 0.345 e. The van der Waals surface area contributed by atoms with E-state index >= 15 is 0 Å². The van der Waals surface area contributed by atoms with Gasteiger partial charge in [0.25, 0.3) is 0 Å². The molecular weight excluding hydrogens is 380 g/mol. The second-order valence-electron chi connectivity index (χ2n) is 5.84. The Kier molecular flexibility index (Phi) is 5.96. The number of hydrogen-bond donors (Lipinski definition) is 3. The minimum absolute atomic E-state index is 0.00736. The first kappa shape index (κ1) is 20.8. The van der Waals surface area contributed by atoms with Gasteiger partial charge in [0, 0.05) is 5.56 Å². The average Bonchev–Trinajstić information content (AvgIpc) is 2.64. The normalized spacial score (nSPS) is 19.0. The number of benzene rings is 1. The van der Waals surface area contributed by atoms with Crippen molar-refractivity contribution in [1.82, 2.24) is 0 Å². The van der Waals surface area contributed by atoms with Crippen LogP contribution in [0.25, 0.3) is 0 Å². The van der Waals surface area contributed by atoms with Gasteiger partial charge < -0.3 is 34.3 Å². The van der Waals surface area contributed by atoms with Gasteiger partial charge in [-0.25, -0.2) is 9.59 Å². The highest BCUT2D eigenvalue weighted by molar-refractivity contribution is 5.98. The van der Waals surface area contributed by atoms with E-state index in [0.717, 1.165) is 0 Å². The van der Waals surface area contributed by atoms with E-state index in [-0.39, 0.29) is 28.4 Å². The number of carbonyl (C=O) groups is 4. The molecule has 0 aliphatic carbocycles. The van der Waals surface area contributed by atoms with E-state index in [4.69, 9.17) is 24.1 Å². The molecule has 0 aromatic heterocycles. The van der Waals surface area contributed by atoms with Crippen molar-refractivity contribution in [2.45, 2.75) is 18.4 Å². The summed E-state index contributed by atoms with van der Waals surface area (Å²) in [5.74, 6) is -9.06. The minimum Gasteiger partial charge on any atom is -0.493 e. The summed E-state index contributed by atoms with van der Waals surface area (Å²) in [5, 5.41) is 28.2. The number of esters is 1. The van der Waals surface area contributed by atoms with Crippen LogP contribution in [-0.2, 0) is 19.1 Å². The molecule has 11 nitrogen and oxygen atoms in total.